The molecule has 0 spiro atoms. The molecule has 0 aromatic rings. The van der Waals surface area contributed by atoms with Crippen LogP contribution < -0.4 is 5.32 Å². The Labute approximate surface area is 99.9 Å². The van der Waals surface area contributed by atoms with Crippen molar-refractivity contribution in [3.05, 3.63) is 0 Å². The van der Waals surface area contributed by atoms with Gasteiger partial charge >= 0.3 is 0 Å². The number of nitrogens with one attached hydrogen (secondary N) is 1. The lowest BCUT2D eigenvalue weighted by Crippen LogP contribution is -2.54. The molecule has 0 saturated carbocycles. The number of rotatable bonds is 6. The SMILES string of the molecule is CCN1CCN(CC(COC)NC)CC1C. The van der Waals surface area contributed by atoms with E-state index in [0.29, 0.717) is 12.1 Å². The summed E-state index contributed by atoms with van der Waals surface area (Å²) in [6, 6.07) is 1.13. The highest BCUT2D eigenvalue weighted by molar-refractivity contribution is 4.81. The molecule has 1 aliphatic rings. The predicted molar refractivity (Wildman–Crippen MR) is 67.9 cm³/mol. The van der Waals surface area contributed by atoms with Crippen LogP contribution in [0.25, 0.3) is 0 Å². The molecular weight excluding hydrogens is 202 g/mol. The van der Waals surface area contributed by atoms with E-state index in [1.165, 1.54) is 26.2 Å². The fourth-order valence-electron chi connectivity index (χ4n) is 2.45. The van der Waals surface area contributed by atoms with Crippen molar-refractivity contribution in [3.8, 4) is 0 Å². The molecule has 96 valence electrons. The van der Waals surface area contributed by atoms with Crippen LogP contribution in [0.15, 0.2) is 0 Å². The highest BCUT2D eigenvalue weighted by Crippen LogP contribution is 2.09. The van der Waals surface area contributed by atoms with Crippen molar-refractivity contribution in [1.82, 2.24) is 15.1 Å². The minimum atomic E-state index is 0.449. The van der Waals surface area contributed by atoms with Crippen LogP contribution in [0.5, 0.6) is 0 Å². The molecule has 0 bridgehead atoms. The summed E-state index contributed by atoms with van der Waals surface area (Å²) in [5.74, 6) is 0. The van der Waals surface area contributed by atoms with Crippen LogP contribution in [0.4, 0.5) is 0 Å². The second-order valence-electron chi connectivity index (χ2n) is 4.68. The molecule has 4 nitrogen and oxygen atoms in total. The number of likely N-dealkylation sites (N-methyl/N-ethyl adjacent to an activating group) is 2. The summed E-state index contributed by atoms with van der Waals surface area (Å²) < 4.78 is 5.21. The Bertz CT molecular complexity index is 189. The topological polar surface area (TPSA) is 27.7 Å². The highest BCUT2D eigenvalue weighted by atomic mass is 16.5. The number of hydrogen-bond donors (Lipinski definition) is 1. The van der Waals surface area contributed by atoms with Gasteiger partial charge in [-0.3, -0.25) is 9.80 Å². The molecule has 0 aliphatic carbocycles. The van der Waals surface area contributed by atoms with Crippen LogP contribution in [-0.2, 0) is 4.74 Å². The van der Waals surface area contributed by atoms with Crippen molar-refractivity contribution < 1.29 is 4.74 Å². The monoisotopic (exact) mass is 229 g/mol. The zero-order valence-electron chi connectivity index (χ0n) is 11.2. The Balaban J connectivity index is 2.33. The normalized spacial score (nSPS) is 25.9. The van der Waals surface area contributed by atoms with Crippen LogP contribution >= 0.6 is 0 Å². The molecule has 2 atom stereocenters. The molecule has 2 unspecified atom stereocenters. The lowest BCUT2D eigenvalue weighted by atomic mass is 10.1. The van der Waals surface area contributed by atoms with E-state index in [4.69, 9.17) is 4.74 Å². The number of nitrogens with zero attached hydrogens (tertiary/aromatic N) is 2. The van der Waals surface area contributed by atoms with E-state index >= 15 is 0 Å². The maximum absolute atomic E-state index is 5.21. The summed E-state index contributed by atoms with van der Waals surface area (Å²) >= 11 is 0. The van der Waals surface area contributed by atoms with Gasteiger partial charge < -0.3 is 10.1 Å². The molecule has 0 amide bonds. The average Bonchev–Trinajstić information content (AvgIpc) is 2.28. The minimum absolute atomic E-state index is 0.449. The van der Waals surface area contributed by atoms with Gasteiger partial charge in [-0.05, 0) is 20.5 Å². The first kappa shape index (κ1) is 13.9. The first-order valence-corrected chi connectivity index (χ1v) is 6.33. The summed E-state index contributed by atoms with van der Waals surface area (Å²) in [5, 5.41) is 3.31. The maximum Gasteiger partial charge on any atom is 0.0628 e. The third-order valence-electron chi connectivity index (χ3n) is 3.51. The van der Waals surface area contributed by atoms with Gasteiger partial charge in [0.1, 0.15) is 0 Å². The summed E-state index contributed by atoms with van der Waals surface area (Å²) in [7, 11) is 3.78. The molecule has 1 aliphatic heterocycles. The Hall–Kier alpha value is -0.160. The number of ether oxygens (including phenoxy) is 1. The van der Waals surface area contributed by atoms with E-state index in [9.17, 15) is 0 Å². The van der Waals surface area contributed by atoms with Crippen LogP contribution in [0.2, 0.25) is 0 Å². The van der Waals surface area contributed by atoms with Crippen molar-refractivity contribution >= 4 is 0 Å². The van der Waals surface area contributed by atoms with Gasteiger partial charge in [-0.1, -0.05) is 6.92 Å². The first-order chi connectivity index (χ1) is 7.71. The van der Waals surface area contributed by atoms with Crippen LogP contribution in [0.1, 0.15) is 13.8 Å². The van der Waals surface area contributed by atoms with Crippen molar-refractivity contribution in [3.63, 3.8) is 0 Å². The summed E-state index contributed by atoms with van der Waals surface area (Å²) in [4.78, 5) is 5.08. The van der Waals surface area contributed by atoms with E-state index in [0.717, 1.165) is 13.2 Å². The quantitative estimate of drug-likeness (QED) is 0.706. The summed E-state index contributed by atoms with van der Waals surface area (Å²) in [6.45, 7) is 11.2. The molecule has 0 aromatic heterocycles. The molecule has 0 aromatic carbocycles. The Morgan fingerprint density at radius 1 is 1.44 bits per heavy atom. The van der Waals surface area contributed by atoms with Gasteiger partial charge in [-0.2, -0.15) is 0 Å². The van der Waals surface area contributed by atoms with E-state index in [1.807, 2.05) is 7.05 Å². The van der Waals surface area contributed by atoms with Gasteiger partial charge in [0.2, 0.25) is 0 Å². The highest BCUT2D eigenvalue weighted by Gasteiger charge is 2.23. The van der Waals surface area contributed by atoms with Gasteiger partial charge in [-0.15, -0.1) is 0 Å². The molecule has 1 saturated heterocycles. The predicted octanol–water partition coefficient (Wildman–Crippen LogP) is 0.247. The number of methoxy groups -OCH3 is 1. The lowest BCUT2D eigenvalue weighted by Gasteiger charge is -2.40. The Morgan fingerprint density at radius 2 is 2.19 bits per heavy atom. The van der Waals surface area contributed by atoms with E-state index in [1.54, 1.807) is 7.11 Å². The maximum atomic E-state index is 5.21. The van der Waals surface area contributed by atoms with E-state index < -0.39 is 0 Å². The van der Waals surface area contributed by atoms with Gasteiger partial charge in [0.25, 0.3) is 0 Å². The fourth-order valence-corrected chi connectivity index (χ4v) is 2.45. The smallest absolute Gasteiger partial charge is 0.0628 e. The molecule has 1 heterocycles. The van der Waals surface area contributed by atoms with E-state index in [2.05, 4.69) is 29.0 Å². The third-order valence-corrected chi connectivity index (χ3v) is 3.51. The second kappa shape index (κ2) is 7.22. The molecule has 1 rings (SSSR count). The van der Waals surface area contributed by atoms with Crippen LogP contribution in [-0.4, -0.2) is 75.4 Å². The lowest BCUT2D eigenvalue weighted by molar-refractivity contribution is 0.0695. The Kier molecular flexibility index (Phi) is 6.28. The van der Waals surface area contributed by atoms with Gasteiger partial charge in [0.15, 0.2) is 0 Å². The molecule has 0 radical (unpaired) electrons. The zero-order chi connectivity index (χ0) is 12.0. The summed E-state index contributed by atoms with van der Waals surface area (Å²) in [5.41, 5.74) is 0. The molecule has 1 N–H and O–H groups in total. The van der Waals surface area contributed by atoms with Gasteiger partial charge in [0, 0.05) is 45.4 Å². The third kappa shape index (κ3) is 4.01. The number of hydrogen-bond acceptors (Lipinski definition) is 4. The molecule has 1 fully saturated rings. The molecule has 16 heavy (non-hydrogen) atoms. The van der Waals surface area contributed by atoms with Crippen molar-refractivity contribution in [2.75, 3.05) is 53.5 Å². The average molecular weight is 229 g/mol. The van der Waals surface area contributed by atoms with Crippen LogP contribution in [0, 0.1) is 0 Å². The summed E-state index contributed by atoms with van der Waals surface area (Å²) in [6.07, 6.45) is 0. The van der Waals surface area contributed by atoms with E-state index in [-0.39, 0.29) is 0 Å². The largest absolute Gasteiger partial charge is 0.383 e. The van der Waals surface area contributed by atoms with Gasteiger partial charge in [0.05, 0.1) is 6.61 Å². The fraction of sp³-hybridized carbons (Fsp3) is 1.00. The Morgan fingerprint density at radius 3 is 2.69 bits per heavy atom. The molecular formula is C12H27N3O. The minimum Gasteiger partial charge on any atom is -0.383 e. The molecule has 4 heteroatoms. The van der Waals surface area contributed by atoms with Crippen molar-refractivity contribution in [2.24, 2.45) is 0 Å². The van der Waals surface area contributed by atoms with Gasteiger partial charge in [-0.25, -0.2) is 0 Å². The zero-order valence-corrected chi connectivity index (χ0v) is 11.2. The first-order valence-electron chi connectivity index (χ1n) is 6.33. The number of piperazine rings is 1. The standard InChI is InChI=1S/C12H27N3O/c1-5-15-7-6-14(8-11(15)2)9-12(13-3)10-16-4/h11-13H,5-10H2,1-4H3. The van der Waals surface area contributed by atoms with Crippen LogP contribution in [0.3, 0.4) is 0 Å². The van der Waals surface area contributed by atoms with Crippen molar-refractivity contribution in [2.45, 2.75) is 25.9 Å². The van der Waals surface area contributed by atoms with Crippen molar-refractivity contribution in [1.29, 1.82) is 0 Å². The second-order valence-corrected chi connectivity index (χ2v) is 4.68.